The lowest BCUT2D eigenvalue weighted by Gasteiger charge is -2.14. The summed E-state index contributed by atoms with van der Waals surface area (Å²) in [5.41, 5.74) is 0.336. The van der Waals surface area contributed by atoms with Gasteiger partial charge in [0.2, 0.25) is 0 Å². The first-order valence-electron chi connectivity index (χ1n) is 5.60. The van der Waals surface area contributed by atoms with Gasteiger partial charge in [0.25, 0.3) is 0 Å². The summed E-state index contributed by atoms with van der Waals surface area (Å²) in [5.74, 6) is -1.21. The summed E-state index contributed by atoms with van der Waals surface area (Å²) in [6.07, 6.45) is -4.41. The molecule has 0 bridgehead atoms. The Bertz CT molecular complexity index is 683. The summed E-state index contributed by atoms with van der Waals surface area (Å²) in [5, 5.41) is -0.248. The van der Waals surface area contributed by atoms with Crippen molar-refractivity contribution in [3.63, 3.8) is 0 Å². The van der Waals surface area contributed by atoms with Gasteiger partial charge in [-0.15, -0.1) is 13.2 Å². The van der Waals surface area contributed by atoms with E-state index < -0.39 is 17.9 Å². The van der Waals surface area contributed by atoms with Gasteiger partial charge >= 0.3 is 6.36 Å². The highest BCUT2D eigenvalue weighted by molar-refractivity contribution is 6.31. The van der Waals surface area contributed by atoms with E-state index in [2.05, 4.69) is 4.74 Å². The third-order valence-corrected chi connectivity index (χ3v) is 2.89. The van der Waals surface area contributed by atoms with Gasteiger partial charge in [-0.1, -0.05) is 17.7 Å². The Kier molecular flexibility index (Phi) is 4.18. The number of aldehydes is 1. The first-order chi connectivity index (χ1) is 9.80. The fourth-order valence-electron chi connectivity index (χ4n) is 1.72. The van der Waals surface area contributed by atoms with Crippen molar-refractivity contribution < 1.29 is 27.1 Å². The molecule has 2 rings (SSSR count). The maximum Gasteiger partial charge on any atom is 0.573 e. The minimum atomic E-state index is -4.89. The SMILES string of the molecule is O=Cc1ccc(OC(F)(F)F)c(-c2ccc(F)c(Cl)c2)c1. The number of hydrogen-bond donors (Lipinski definition) is 0. The van der Waals surface area contributed by atoms with Crippen molar-refractivity contribution in [1.82, 2.24) is 0 Å². The minimum Gasteiger partial charge on any atom is -0.405 e. The van der Waals surface area contributed by atoms with Crippen LogP contribution in [0.3, 0.4) is 0 Å². The van der Waals surface area contributed by atoms with Gasteiger partial charge < -0.3 is 4.74 Å². The second-order valence-electron chi connectivity index (χ2n) is 4.05. The molecule has 7 heteroatoms. The predicted molar refractivity (Wildman–Crippen MR) is 68.9 cm³/mol. The van der Waals surface area contributed by atoms with Crippen LogP contribution >= 0.6 is 11.6 Å². The van der Waals surface area contributed by atoms with Crippen molar-refractivity contribution in [2.24, 2.45) is 0 Å². The normalized spacial score (nSPS) is 11.3. The highest BCUT2D eigenvalue weighted by atomic mass is 35.5. The Balaban J connectivity index is 2.57. The molecule has 0 saturated heterocycles. The van der Waals surface area contributed by atoms with Gasteiger partial charge in [-0.05, 0) is 35.9 Å². The topological polar surface area (TPSA) is 26.3 Å². The van der Waals surface area contributed by atoms with Crippen molar-refractivity contribution in [1.29, 1.82) is 0 Å². The van der Waals surface area contributed by atoms with E-state index >= 15 is 0 Å². The van der Waals surface area contributed by atoms with E-state index in [0.717, 1.165) is 18.2 Å². The van der Waals surface area contributed by atoms with Gasteiger partial charge in [0, 0.05) is 11.1 Å². The first-order valence-corrected chi connectivity index (χ1v) is 5.98. The molecule has 0 N–H and O–H groups in total. The van der Waals surface area contributed by atoms with Crippen molar-refractivity contribution >= 4 is 17.9 Å². The molecule has 0 amide bonds. The smallest absolute Gasteiger partial charge is 0.405 e. The molecule has 0 spiro atoms. The Morgan fingerprint density at radius 1 is 1.10 bits per heavy atom. The van der Waals surface area contributed by atoms with E-state index in [1.807, 2.05) is 0 Å². The van der Waals surface area contributed by atoms with Gasteiger partial charge in [-0.2, -0.15) is 0 Å². The van der Waals surface area contributed by atoms with E-state index in [9.17, 15) is 22.4 Å². The summed E-state index contributed by atoms with van der Waals surface area (Å²) in [7, 11) is 0. The van der Waals surface area contributed by atoms with Gasteiger partial charge in [-0.3, -0.25) is 4.79 Å². The van der Waals surface area contributed by atoms with Gasteiger partial charge in [0.1, 0.15) is 17.9 Å². The Morgan fingerprint density at radius 2 is 1.81 bits per heavy atom. The van der Waals surface area contributed by atoms with Crippen LogP contribution in [0.1, 0.15) is 10.4 Å². The van der Waals surface area contributed by atoms with E-state index in [4.69, 9.17) is 11.6 Å². The third kappa shape index (κ3) is 3.72. The average Bonchev–Trinajstić information content (AvgIpc) is 2.41. The van der Waals surface area contributed by atoms with Crippen LogP contribution in [0.4, 0.5) is 17.6 Å². The number of carbonyl (C=O) groups excluding carboxylic acids is 1. The van der Waals surface area contributed by atoms with E-state index in [1.54, 1.807) is 0 Å². The van der Waals surface area contributed by atoms with Crippen LogP contribution in [-0.2, 0) is 0 Å². The molecule has 2 aromatic carbocycles. The highest BCUT2D eigenvalue weighted by Crippen LogP contribution is 2.35. The lowest BCUT2D eigenvalue weighted by Crippen LogP contribution is -2.17. The number of benzene rings is 2. The van der Waals surface area contributed by atoms with Crippen LogP contribution in [0.25, 0.3) is 11.1 Å². The maximum atomic E-state index is 13.1. The number of hydrogen-bond acceptors (Lipinski definition) is 2. The first kappa shape index (κ1) is 15.3. The molecule has 0 heterocycles. The zero-order valence-electron chi connectivity index (χ0n) is 10.2. The second-order valence-corrected chi connectivity index (χ2v) is 4.46. The number of carbonyl (C=O) groups is 1. The van der Waals surface area contributed by atoms with Crippen molar-refractivity contribution in [2.75, 3.05) is 0 Å². The van der Waals surface area contributed by atoms with Crippen LogP contribution in [0.5, 0.6) is 5.75 Å². The van der Waals surface area contributed by atoms with Gasteiger partial charge in [0.05, 0.1) is 5.02 Å². The Labute approximate surface area is 121 Å². The molecule has 2 aromatic rings. The molecule has 0 aromatic heterocycles. The molecule has 2 nitrogen and oxygen atoms in total. The van der Waals surface area contributed by atoms with Crippen molar-refractivity contribution in [3.8, 4) is 16.9 Å². The number of halogens is 5. The molecule has 110 valence electrons. The zero-order chi connectivity index (χ0) is 15.6. The van der Waals surface area contributed by atoms with Crippen LogP contribution < -0.4 is 4.74 Å². The highest BCUT2D eigenvalue weighted by Gasteiger charge is 2.32. The van der Waals surface area contributed by atoms with E-state index in [-0.39, 0.29) is 21.7 Å². The summed E-state index contributed by atoms with van der Waals surface area (Å²) in [6.45, 7) is 0. The van der Waals surface area contributed by atoms with E-state index in [1.165, 1.54) is 18.2 Å². The lowest BCUT2D eigenvalue weighted by molar-refractivity contribution is -0.274. The molecule has 0 fully saturated rings. The third-order valence-electron chi connectivity index (χ3n) is 2.60. The van der Waals surface area contributed by atoms with Crippen LogP contribution in [0.2, 0.25) is 5.02 Å². The molecular weight excluding hydrogens is 312 g/mol. The molecule has 0 atom stereocenters. The summed E-state index contributed by atoms with van der Waals surface area (Å²) in [6, 6.07) is 6.82. The standard InChI is InChI=1S/C14H7ClF4O2/c15-11-6-9(2-3-12(11)16)10-5-8(7-20)1-4-13(10)21-14(17,18)19/h1-7H. The maximum absolute atomic E-state index is 13.1. The zero-order valence-corrected chi connectivity index (χ0v) is 11.0. The number of rotatable bonds is 3. The molecule has 0 aliphatic rings. The lowest BCUT2D eigenvalue weighted by atomic mass is 10.0. The Hall–Kier alpha value is -2.08. The van der Waals surface area contributed by atoms with Gasteiger partial charge in [-0.25, -0.2) is 4.39 Å². The Morgan fingerprint density at radius 3 is 2.38 bits per heavy atom. The summed E-state index contributed by atoms with van der Waals surface area (Å²) >= 11 is 5.62. The molecule has 0 saturated carbocycles. The summed E-state index contributed by atoms with van der Waals surface area (Å²) in [4.78, 5) is 10.8. The molecule has 21 heavy (non-hydrogen) atoms. The van der Waals surface area contributed by atoms with Crippen LogP contribution in [0.15, 0.2) is 36.4 Å². The molecule has 0 radical (unpaired) electrons. The number of ether oxygens (including phenoxy) is 1. The molecule has 0 unspecified atom stereocenters. The molecule has 0 aliphatic carbocycles. The van der Waals surface area contributed by atoms with E-state index in [0.29, 0.717) is 6.29 Å². The van der Waals surface area contributed by atoms with Crippen LogP contribution in [-0.4, -0.2) is 12.6 Å². The average molecular weight is 319 g/mol. The minimum absolute atomic E-state index is 0.0150. The summed E-state index contributed by atoms with van der Waals surface area (Å²) < 4.78 is 54.2. The van der Waals surface area contributed by atoms with Crippen molar-refractivity contribution in [3.05, 3.63) is 52.8 Å². The second kappa shape index (κ2) is 5.73. The fraction of sp³-hybridized carbons (Fsp3) is 0.0714. The molecule has 0 aliphatic heterocycles. The number of alkyl halides is 3. The monoisotopic (exact) mass is 318 g/mol. The van der Waals surface area contributed by atoms with Crippen LogP contribution in [0, 0.1) is 5.82 Å². The fourth-order valence-corrected chi connectivity index (χ4v) is 1.90. The van der Waals surface area contributed by atoms with Gasteiger partial charge in [0.15, 0.2) is 0 Å². The largest absolute Gasteiger partial charge is 0.573 e. The molecular formula is C14H7ClF4O2. The predicted octanol–water partition coefficient (Wildman–Crippen LogP) is 4.86. The van der Waals surface area contributed by atoms with Crippen molar-refractivity contribution in [2.45, 2.75) is 6.36 Å². The quantitative estimate of drug-likeness (QED) is 0.597.